The van der Waals surface area contributed by atoms with E-state index in [0.29, 0.717) is 24.3 Å². The van der Waals surface area contributed by atoms with Crippen molar-refractivity contribution < 1.29 is 22.3 Å². The quantitative estimate of drug-likeness (QED) is 0.310. The van der Waals surface area contributed by atoms with E-state index in [0.717, 1.165) is 32.1 Å². The van der Waals surface area contributed by atoms with Crippen molar-refractivity contribution >= 4 is 0 Å². The molecule has 0 amide bonds. The van der Waals surface area contributed by atoms with Crippen LogP contribution in [0.15, 0.2) is 36.9 Å². The summed E-state index contributed by atoms with van der Waals surface area (Å²) in [5.74, 6) is -3.87. The van der Waals surface area contributed by atoms with Gasteiger partial charge >= 0.3 is 0 Å². The van der Waals surface area contributed by atoms with Gasteiger partial charge in [0.1, 0.15) is 0 Å². The van der Waals surface area contributed by atoms with Gasteiger partial charge in [0.25, 0.3) is 0 Å². The molecular formula is C28H32F4O. The Kier molecular flexibility index (Phi) is 7.58. The standard InChI is InChI=1S/C28H32F4O/c1-3-5-17-6-8-18(9-7-17)21-12-14-23(27(31)25(21)29)24-15-13-22(26(30)28(24)32)19-10-11-20(4-2)33-16-19/h4,12-15,17-20H,2-3,5-11,16H2,1H3. The molecule has 0 spiro atoms. The van der Waals surface area contributed by atoms with Crippen molar-refractivity contribution in [3.8, 4) is 11.1 Å². The van der Waals surface area contributed by atoms with Crippen molar-refractivity contribution in [3.05, 3.63) is 71.3 Å². The molecule has 178 valence electrons. The Morgan fingerprint density at radius 1 is 0.788 bits per heavy atom. The first-order valence-corrected chi connectivity index (χ1v) is 12.1. The van der Waals surface area contributed by atoms with Crippen LogP contribution in [0.3, 0.4) is 0 Å². The fourth-order valence-corrected chi connectivity index (χ4v) is 5.55. The van der Waals surface area contributed by atoms with Gasteiger partial charge in [-0.3, -0.25) is 0 Å². The minimum atomic E-state index is -1.15. The van der Waals surface area contributed by atoms with Crippen molar-refractivity contribution in [2.24, 2.45) is 5.92 Å². The van der Waals surface area contributed by atoms with Gasteiger partial charge in [0, 0.05) is 17.0 Å². The molecule has 1 saturated heterocycles. The summed E-state index contributed by atoms with van der Waals surface area (Å²) in [7, 11) is 0. The Bertz CT molecular complexity index is 986. The topological polar surface area (TPSA) is 9.23 Å². The third kappa shape index (κ3) is 4.89. The van der Waals surface area contributed by atoms with E-state index in [2.05, 4.69) is 13.5 Å². The van der Waals surface area contributed by atoms with Crippen LogP contribution in [0.4, 0.5) is 17.6 Å². The minimum absolute atomic E-state index is 0.0312. The summed E-state index contributed by atoms with van der Waals surface area (Å²) in [6.07, 6.45) is 8.94. The lowest BCUT2D eigenvalue weighted by Crippen LogP contribution is -2.23. The van der Waals surface area contributed by atoms with Gasteiger partial charge in [0.2, 0.25) is 0 Å². The highest BCUT2D eigenvalue weighted by atomic mass is 19.2. The lowest BCUT2D eigenvalue weighted by atomic mass is 9.77. The van der Waals surface area contributed by atoms with Gasteiger partial charge in [0.15, 0.2) is 23.3 Å². The second-order valence-corrected chi connectivity index (χ2v) is 9.55. The molecule has 0 aromatic heterocycles. The van der Waals surface area contributed by atoms with Gasteiger partial charge in [-0.25, -0.2) is 17.6 Å². The number of rotatable bonds is 6. The van der Waals surface area contributed by atoms with Crippen LogP contribution in [-0.4, -0.2) is 12.7 Å². The molecule has 33 heavy (non-hydrogen) atoms. The molecule has 0 N–H and O–H groups in total. The molecule has 2 aromatic rings. The maximum atomic E-state index is 15.1. The van der Waals surface area contributed by atoms with Crippen molar-refractivity contribution in [2.75, 3.05) is 6.61 Å². The number of ether oxygens (including phenoxy) is 1. The minimum Gasteiger partial charge on any atom is -0.374 e. The summed E-state index contributed by atoms with van der Waals surface area (Å²) in [5, 5.41) is 0. The highest BCUT2D eigenvalue weighted by Gasteiger charge is 2.29. The molecule has 2 aliphatic rings. The molecule has 4 rings (SSSR count). The van der Waals surface area contributed by atoms with Crippen LogP contribution in [0.1, 0.15) is 81.3 Å². The van der Waals surface area contributed by atoms with Crippen LogP contribution >= 0.6 is 0 Å². The molecular weight excluding hydrogens is 428 g/mol. The van der Waals surface area contributed by atoms with E-state index in [9.17, 15) is 4.39 Å². The molecule has 0 radical (unpaired) electrons. The second kappa shape index (κ2) is 10.4. The number of hydrogen-bond acceptors (Lipinski definition) is 1. The summed E-state index contributed by atoms with van der Waals surface area (Å²) in [6, 6.07) is 5.76. The van der Waals surface area contributed by atoms with E-state index in [1.54, 1.807) is 12.1 Å². The SMILES string of the molecule is C=CC1CCC(c2ccc(-c3ccc(C4CCC(CCC)CC4)c(F)c3F)c(F)c2F)CO1. The van der Waals surface area contributed by atoms with Crippen molar-refractivity contribution in [1.82, 2.24) is 0 Å². The van der Waals surface area contributed by atoms with Gasteiger partial charge in [-0.2, -0.15) is 0 Å². The summed E-state index contributed by atoms with van der Waals surface area (Å²) in [6.45, 7) is 6.13. The Labute approximate surface area is 193 Å². The second-order valence-electron chi connectivity index (χ2n) is 9.55. The van der Waals surface area contributed by atoms with Crippen LogP contribution in [0.5, 0.6) is 0 Å². The first-order valence-electron chi connectivity index (χ1n) is 12.1. The van der Waals surface area contributed by atoms with Crippen molar-refractivity contribution in [1.29, 1.82) is 0 Å². The third-order valence-corrected chi connectivity index (χ3v) is 7.51. The zero-order valence-electron chi connectivity index (χ0n) is 19.2. The molecule has 2 atom stereocenters. The summed E-state index contributed by atoms with van der Waals surface area (Å²) in [4.78, 5) is 0. The van der Waals surface area contributed by atoms with Gasteiger partial charge < -0.3 is 4.74 Å². The normalized spacial score (nSPS) is 25.7. The maximum Gasteiger partial charge on any atom is 0.167 e. The van der Waals surface area contributed by atoms with Crippen LogP contribution in [0.25, 0.3) is 11.1 Å². The van der Waals surface area contributed by atoms with E-state index in [1.807, 2.05) is 0 Å². The van der Waals surface area contributed by atoms with Gasteiger partial charge in [-0.1, -0.05) is 50.1 Å². The van der Waals surface area contributed by atoms with E-state index in [-0.39, 0.29) is 41.2 Å². The summed E-state index contributed by atoms with van der Waals surface area (Å²) < 4.78 is 65.7. The van der Waals surface area contributed by atoms with E-state index in [1.165, 1.54) is 24.6 Å². The van der Waals surface area contributed by atoms with Crippen LogP contribution in [0, 0.1) is 29.2 Å². The Hall–Kier alpha value is -2.14. The number of halogens is 4. The molecule has 1 nitrogen and oxygen atoms in total. The average Bonchev–Trinajstić information content (AvgIpc) is 2.84. The summed E-state index contributed by atoms with van der Waals surface area (Å²) >= 11 is 0. The van der Waals surface area contributed by atoms with Crippen molar-refractivity contribution in [2.45, 2.75) is 76.2 Å². The molecule has 2 unspecified atom stereocenters. The maximum absolute atomic E-state index is 15.1. The molecule has 1 saturated carbocycles. The Balaban J connectivity index is 1.56. The predicted molar refractivity (Wildman–Crippen MR) is 123 cm³/mol. The highest BCUT2D eigenvalue weighted by Crippen LogP contribution is 2.41. The Morgan fingerprint density at radius 2 is 1.33 bits per heavy atom. The van der Waals surface area contributed by atoms with E-state index >= 15 is 13.2 Å². The predicted octanol–water partition coefficient (Wildman–Crippen LogP) is 8.43. The average molecular weight is 461 g/mol. The van der Waals surface area contributed by atoms with E-state index in [4.69, 9.17) is 4.74 Å². The molecule has 5 heteroatoms. The summed E-state index contributed by atoms with van der Waals surface area (Å²) in [5.41, 5.74) is 0.0527. The van der Waals surface area contributed by atoms with Gasteiger partial charge in [0.05, 0.1) is 12.7 Å². The Morgan fingerprint density at radius 3 is 1.82 bits per heavy atom. The molecule has 2 aromatic carbocycles. The van der Waals surface area contributed by atoms with Gasteiger partial charge in [-0.15, -0.1) is 6.58 Å². The number of hydrogen-bond donors (Lipinski definition) is 0. The van der Waals surface area contributed by atoms with Crippen LogP contribution < -0.4 is 0 Å². The fraction of sp³-hybridized carbons (Fsp3) is 0.500. The smallest absolute Gasteiger partial charge is 0.167 e. The fourth-order valence-electron chi connectivity index (χ4n) is 5.55. The van der Waals surface area contributed by atoms with E-state index < -0.39 is 23.3 Å². The third-order valence-electron chi connectivity index (χ3n) is 7.51. The van der Waals surface area contributed by atoms with Crippen LogP contribution in [0.2, 0.25) is 0 Å². The number of benzene rings is 2. The first-order chi connectivity index (χ1) is 15.9. The monoisotopic (exact) mass is 460 g/mol. The first kappa shape index (κ1) is 24.0. The largest absolute Gasteiger partial charge is 0.374 e. The zero-order chi connectivity index (χ0) is 23.5. The molecule has 1 heterocycles. The molecule has 2 fully saturated rings. The molecule has 1 aliphatic carbocycles. The van der Waals surface area contributed by atoms with Gasteiger partial charge in [-0.05, 0) is 61.5 Å². The molecule has 0 bridgehead atoms. The zero-order valence-corrected chi connectivity index (χ0v) is 19.2. The highest BCUT2D eigenvalue weighted by molar-refractivity contribution is 5.66. The van der Waals surface area contributed by atoms with Crippen molar-refractivity contribution in [3.63, 3.8) is 0 Å². The lowest BCUT2D eigenvalue weighted by Gasteiger charge is -2.29. The molecule has 1 aliphatic heterocycles. The van der Waals surface area contributed by atoms with Crippen LogP contribution in [-0.2, 0) is 4.74 Å². The lowest BCUT2D eigenvalue weighted by molar-refractivity contribution is 0.0320.